The molecule has 0 aromatic heterocycles. The first-order valence-electron chi connectivity index (χ1n) is 11.1. The van der Waals surface area contributed by atoms with Crippen molar-refractivity contribution in [3.63, 3.8) is 0 Å². The zero-order valence-corrected chi connectivity index (χ0v) is 17.9. The monoisotopic (exact) mass is 414 g/mol. The van der Waals surface area contributed by atoms with Crippen molar-refractivity contribution in [2.75, 3.05) is 6.61 Å². The van der Waals surface area contributed by atoms with Crippen molar-refractivity contribution in [2.24, 2.45) is 0 Å². The Labute approximate surface area is 179 Å². The number of benzene rings is 2. The van der Waals surface area contributed by atoms with Gasteiger partial charge in [0.1, 0.15) is 23.0 Å². The molecule has 3 N–H and O–H groups in total. The van der Waals surface area contributed by atoms with Crippen LogP contribution in [0.1, 0.15) is 87.1 Å². The number of phenolic OH excluding ortho intramolecular Hbond substituents is 3. The highest BCUT2D eigenvalue weighted by Crippen LogP contribution is 2.30. The van der Waals surface area contributed by atoms with Crippen molar-refractivity contribution in [1.82, 2.24) is 0 Å². The fourth-order valence-electron chi connectivity index (χ4n) is 3.43. The summed E-state index contributed by atoms with van der Waals surface area (Å²) >= 11 is 0. The van der Waals surface area contributed by atoms with E-state index in [4.69, 9.17) is 4.74 Å². The minimum atomic E-state index is -0.522. The molecule has 2 rings (SSSR count). The number of hydrogen-bond donors (Lipinski definition) is 3. The average molecular weight is 415 g/mol. The number of unbranched alkanes of at least 4 members (excludes halogenated alkanes) is 9. The molecule has 0 aliphatic heterocycles. The molecule has 0 atom stereocenters. The molecule has 2 aromatic rings. The van der Waals surface area contributed by atoms with Gasteiger partial charge in [0.15, 0.2) is 5.78 Å². The molecule has 0 fully saturated rings. The Hall–Kier alpha value is -2.69. The summed E-state index contributed by atoms with van der Waals surface area (Å²) in [6.45, 7) is 2.81. The molecule has 0 aliphatic rings. The van der Waals surface area contributed by atoms with Crippen LogP contribution in [-0.4, -0.2) is 27.7 Å². The normalized spacial score (nSPS) is 10.8. The van der Waals surface area contributed by atoms with Crippen molar-refractivity contribution >= 4 is 5.78 Å². The van der Waals surface area contributed by atoms with Gasteiger partial charge >= 0.3 is 0 Å². The molecule has 30 heavy (non-hydrogen) atoms. The van der Waals surface area contributed by atoms with Gasteiger partial charge in [-0.3, -0.25) is 4.79 Å². The van der Waals surface area contributed by atoms with Gasteiger partial charge in [-0.05, 0) is 30.7 Å². The third-order valence-corrected chi connectivity index (χ3v) is 5.21. The van der Waals surface area contributed by atoms with Gasteiger partial charge in [0.25, 0.3) is 0 Å². The molecular formula is C25H34O5. The van der Waals surface area contributed by atoms with Gasteiger partial charge in [0.05, 0.1) is 17.7 Å². The van der Waals surface area contributed by atoms with Crippen LogP contribution in [0.2, 0.25) is 0 Å². The summed E-state index contributed by atoms with van der Waals surface area (Å²) < 4.78 is 5.69. The number of carbonyl (C=O) groups excluding carboxylic acids is 1. The molecule has 0 heterocycles. The maximum atomic E-state index is 12.5. The van der Waals surface area contributed by atoms with E-state index in [1.54, 1.807) is 6.07 Å². The van der Waals surface area contributed by atoms with Crippen molar-refractivity contribution in [2.45, 2.75) is 71.1 Å². The number of hydrogen-bond acceptors (Lipinski definition) is 5. The van der Waals surface area contributed by atoms with Crippen LogP contribution in [0.4, 0.5) is 0 Å². The van der Waals surface area contributed by atoms with Gasteiger partial charge in [-0.15, -0.1) is 0 Å². The van der Waals surface area contributed by atoms with Gasteiger partial charge in [0.2, 0.25) is 0 Å². The first kappa shape index (κ1) is 23.6. The molecule has 164 valence electrons. The smallest absolute Gasteiger partial charge is 0.200 e. The largest absolute Gasteiger partial charge is 0.508 e. The van der Waals surface area contributed by atoms with Gasteiger partial charge in [-0.1, -0.05) is 64.7 Å². The van der Waals surface area contributed by atoms with Crippen LogP contribution in [0.25, 0.3) is 0 Å². The zero-order chi connectivity index (χ0) is 21.8. The molecule has 0 spiro atoms. The lowest BCUT2D eigenvalue weighted by atomic mass is 10.0. The fraction of sp³-hybridized carbons (Fsp3) is 0.480. The number of ketones is 1. The van der Waals surface area contributed by atoms with Crippen LogP contribution in [-0.2, 0) is 0 Å². The Bertz CT molecular complexity index is 800. The minimum absolute atomic E-state index is 0.0159. The highest BCUT2D eigenvalue weighted by molar-refractivity contribution is 6.12. The van der Waals surface area contributed by atoms with Gasteiger partial charge in [-0.25, -0.2) is 0 Å². The van der Waals surface area contributed by atoms with Crippen LogP contribution in [0.15, 0.2) is 36.4 Å². The Morgan fingerprint density at radius 2 is 1.27 bits per heavy atom. The second-order valence-corrected chi connectivity index (χ2v) is 7.74. The molecule has 0 radical (unpaired) electrons. The topological polar surface area (TPSA) is 87.0 Å². The van der Waals surface area contributed by atoms with E-state index in [9.17, 15) is 20.1 Å². The zero-order valence-electron chi connectivity index (χ0n) is 17.9. The summed E-state index contributed by atoms with van der Waals surface area (Å²) in [5.41, 5.74) is 0.0874. The van der Waals surface area contributed by atoms with E-state index in [1.165, 1.54) is 75.6 Å². The summed E-state index contributed by atoms with van der Waals surface area (Å²) in [6, 6.07) is 8.27. The van der Waals surface area contributed by atoms with Crippen LogP contribution >= 0.6 is 0 Å². The summed E-state index contributed by atoms with van der Waals surface area (Å²) in [4.78, 5) is 12.5. The number of aromatic hydroxyl groups is 3. The summed E-state index contributed by atoms with van der Waals surface area (Å²) in [7, 11) is 0. The summed E-state index contributed by atoms with van der Waals surface area (Å²) in [5.74, 6) is -0.682. The lowest BCUT2D eigenvalue weighted by Gasteiger charge is -2.10. The summed E-state index contributed by atoms with van der Waals surface area (Å²) in [5, 5.41) is 29.4. The maximum absolute atomic E-state index is 12.5. The van der Waals surface area contributed by atoms with Crippen molar-refractivity contribution in [3.05, 3.63) is 47.5 Å². The van der Waals surface area contributed by atoms with Crippen LogP contribution in [0.5, 0.6) is 23.0 Å². The number of ether oxygens (including phenoxy) is 1. The van der Waals surface area contributed by atoms with Crippen molar-refractivity contribution in [1.29, 1.82) is 0 Å². The van der Waals surface area contributed by atoms with E-state index in [0.29, 0.717) is 12.4 Å². The molecular weight excluding hydrogens is 380 g/mol. The standard InChI is InChI=1S/C25H34O5/c1-2-3-4-5-6-7-8-9-10-11-16-30-20-13-15-22(24(28)18-20)25(29)21-14-12-19(26)17-23(21)27/h12-15,17-18,26-28H,2-11,16H2,1H3. The Morgan fingerprint density at radius 1 is 0.733 bits per heavy atom. The maximum Gasteiger partial charge on any atom is 0.200 e. The van der Waals surface area contributed by atoms with E-state index in [-0.39, 0.29) is 28.4 Å². The van der Waals surface area contributed by atoms with Crippen molar-refractivity contribution in [3.8, 4) is 23.0 Å². The predicted octanol–water partition coefficient (Wildman–Crippen LogP) is 6.33. The Kier molecular flexibility index (Phi) is 10.1. The lowest BCUT2D eigenvalue weighted by Crippen LogP contribution is -2.03. The highest BCUT2D eigenvalue weighted by Gasteiger charge is 2.18. The average Bonchev–Trinajstić information content (AvgIpc) is 2.71. The fourth-order valence-corrected chi connectivity index (χ4v) is 3.43. The lowest BCUT2D eigenvalue weighted by molar-refractivity contribution is 0.103. The van der Waals surface area contributed by atoms with Gasteiger partial charge in [0, 0.05) is 12.1 Å². The van der Waals surface area contributed by atoms with Gasteiger partial charge < -0.3 is 20.1 Å². The molecule has 5 nitrogen and oxygen atoms in total. The number of phenols is 3. The van der Waals surface area contributed by atoms with Crippen LogP contribution in [0, 0.1) is 0 Å². The van der Waals surface area contributed by atoms with Gasteiger partial charge in [-0.2, -0.15) is 0 Å². The molecule has 0 bridgehead atoms. The highest BCUT2D eigenvalue weighted by atomic mass is 16.5. The van der Waals surface area contributed by atoms with Crippen LogP contribution in [0.3, 0.4) is 0 Å². The molecule has 0 aliphatic carbocycles. The molecule has 0 saturated heterocycles. The molecule has 0 amide bonds. The molecule has 5 heteroatoms. The number of carbonyl (C=O) groups is 1. The van der Waals surface area contributed by atoms with Crippen molar-refractivity contribution < 1.29 is 24.9 Å². The van der Waals surface area contributed by atoms with E-state index in [2.05, 4.69) is 6.92 Å². The molecule has 0 unspecified atom stereocenters. The minimum Gasteiger partial charge on any atom is -0.508 e. The second-order valence-electron chi connectivity index (χ2n) is 7.74. The van der Waals surface area contributed by atoms with E-state index in [1.807, 2.05) is 0 Å². The quantitative estimate of drug-likeness (QED) is 0.248. The molecule has 0 saturated carbocycles. The third-order valence-electron chi connectivity index (χ3n) is 5.21. The van der Waals surface area contributed by atoms with E-state index in [0.717, 1.165) is 18.9 Å². The predicted molar refractivity (Wildman–Crippen MR) is 119 cm³/mol. The molecule has 2 aromatic carbocycles. The summed E-state index contributed by atoms with van der Waals surface area (Å²) in [6.07, 6.45) is 12.6. The van der Waals surface area contributed by atoms with E-state index < -0.39 is 5.78 Å². The number of rotatable bonds is 14. The Morgan fingerprint density at radius 3 is 1.83 bits per heavy atom. The second kappa shape index (κ2) is 12.8. The van der Waals surface area contributed by atoms with Crippen LogP contribution < -0.4 is 4.74 Å². The third kappa shape index (κ3) is 7.62. The van der Waals surface area contributed by atoms with E-state index >= 15 is 0 Å². The first-order chi connectivity index (χ1) is 14.5. The Balaban J connectivity index is 1.71. The first-order valence-corrected chi connectivity index (χ1v) is 11.1. The SMILES string of the molecule is CCCCCCCCCCCCOc1ccc(C(=O)c2ccc(O)cc2O)c(O)c1.